The lowest BCUT2D eigenvalue weighted by molar-refractivity contribution is 1.07. The molecule has 10 aromatic rings. The maximum atomic E-state index is 4.91. The van der Waals surface area contributed by atoms with Crippen molar-refractivity contribution in [1.29, 1.82) is 0 Å². The van der Waals surface area contributed by atoms with Gasteiger partial charge < -0.3 is 4.57 Å². The predicted molar refractivity (Wildman–Crippen MR) is 219 cm³/mol. The van der Waals surface area contributed by atoms with Crippen LogP contribution in [0.3, 0.4) is 0 Å². The molecule has 0 spiro atoms. The Kier molecular flexibility index (Phi) is 7.43. The van der Waals surface area contributed by atoms with Gasteiger partial charge in [0, 0.05) is 33.2 Å². The maximum Gasteiger partial charge on any atom is 0.164 e. The molecule has 4 nitrogen and oxygen atoms in total. The Morgan fingerprint density at radius 3 is 1.40 bits per heavy atom. The van der Waals surface area contributed by atoms with Crippen LogP contribution in [0.1, 0.15) is 0 Å². The first kappa shape index (κ1) is 30.6. The Morgan fingerprint density at radius 1 is 0.283 bits per heavy atom. The smallest absolute Gasteiger partial charge is 0.164 e. The molecule has 4 heteroatoms. The zero-order valence-corrected chi connectivity index (χ0v) is 28.8. The minimum Gasteiger partial charge on any atom is -0.309 e. The fraction of sp³-hybridized carbons (Fsp3) is 0. The van der Waals surface area contributed by atoms with Crippen LogP contribution in [0.25, 0.3) is 94.7 Å². The molecule has 53 heavy (non-hydrogen) atoms. The van der Waals surface area contributed by atoms with E-state index in [2.05, 4.69) is 138 Å². The molecule has 10 rings (SSSR count). The van der Waals surface area contributed by atoms with Gasteiger partial charge in [-0.25, -0.2) is 15.0 Å². The predicted octanol–water partition coefficient (Wildman–Crippen LogP) is 12.5. The maximum absolute atomic E-state index is 4.91. The number of aromatic nitrogens is 4. The fourth-order valence-corrected chi connectivity index (χ4v) is 7.35. The summed E-state index contributed by atoms with van der Waals surface area (Å²) in [5.41, 5.74) is 11.0. The Hall–Kier alpha value is -7.17. The van der Waals surface area contributed by atoms with E-state index >= 15 is 0 Å². The van der Waals surface area contributed by atoms with E-state index in [4.69, 9.17) is 15.0 Å². The lowest BCUT2D eigenvalue weighted by atomic mass is 10.00. The van der Waals surface area contributed by atoms with Crippen LogP contribution in [0.2, 0.25) is 0 Å². The van der Waals surface area contributed by atoms with Gasteiger partial charge in [-0.3, -0.25) is 0 Å². The molecule has 248 valence electrons. The highest BCUT2D eigenvalue weighted by Crippen LogP contribution is 2.36. The summed E-state index contributed by atoms with van der Waals surface area (Å²) >= 11 is 0. The average molecular weight is 677 g/mol. The largest absolute Gasteiger partial charge is 0.309 e. The summed E-state index contributed by atoms with van der Waals surface area (Å²) in [5.74, 6) is 1.96. The molecule has 0 atom stereocenters. The highest BCUT2D eigenvalue weighted by atomic mass is 15.0. The molecule has 2 heterocycles. The topological polar surface area (TPSA) is 43.6 Å². The SMILES string of the molecule is c1ccc(-c2nc(-c3ccccc3)nc(-c3ccc(-c4ccc(-n5c6ccccc6c6ccc(-c7ccc8ccccc8c7)cc65)cc4)cc3)n2)cc1. The summed E-state index contributed by atoms with van der Waals surface area (Å²) in [6.45, 7) is 0. The van der Waals surface area contributed by atoms with Crippen molar-refractivity contribution in [2.75, 3.05) is 0 Å². The summed E-state index contributed by atoms with van der Waals surface area (Å²) < 4.78 is 2.39. The van der Waals surface area contributed by atoms with Crippen LogP contribution in [0, 0.1) is 0 Å². The number of para-hydroxylation sites is 1. The van der Waals surface area contributed by atoms with Crippen LogP contribution < -0.4 is 0 Å². The highest BCUT2D eigenvalue weighted by Gasteiger charge is 2.15. The van der Waals surface area contributed by atoms with E-state index in [9.17, 15) is 0 Å². The van der Waals surface area contributed by atoms with Crippen molar-refractivity contribution in [1.82, 2.24) is 19.5 Å². The first-order valence-corrected chi connectivity index (χ1v) is 17.9. The molecule has 0 saturated carbocycles. The van der Waals surface area contributed by atoms with Gasteiger partial charge in [0.1, 0.15) is 0 Å². The molecular formula is C49H32N4. The molecule has 0 unspecified atom stereocenters. The number of hydrogen-bond donors (Lipinski definition) is 0. The van der Waals surface area contributed by atoms with E-state index in [1.165, 1.54) is 43.7 Å². The zero-order valence-electron chi connectivity index (χ0n) is 28.8. The Labute approximate surface area is 307 Å². The second-order valence-electron chi connectivity index (χ2n) is 13.3. The van der Waals surface area contributed by atoms with E-state index in [1.54, 1.807) is 0 Å². The van der Waals surface area contributed by atoms with Gasteiger partial charge in [0.25, 0.3) is 0 Å². The summed E-state index contributed by atoms with van der Waals surface area (Å²) in [6.07, 6.45) is 0. The first-order chi connectivity index (χ1) is 26.2. The lowest BCUT2D eigenvalue weighted by Crippen LogP contribution is -2.00. The molecule has 0 aliphatic rings. The van der Waals surface area contributed by atoms with Gasteiger partial charge in [0.2, 0.25) is 0 Å². The standard InChI is InChI=1S/C49H32N4/c1-3-12-36(13-4-1)47-50-48(37-14-5-2-6-15-37)52-49(51-47)38-22-19-34(20-23-38)35-25-28-42(29-26-35)53-45-18-10-9-17-43(45)44-30-27-41(32-46(44)53)40-24-21-33-11-7-8-16-39(33)31-40/h1-32H. The third-order valence-corrected chi connectivity index (χ3v) is 10.1. The highest BCUT2D eigenvalue weighted by molar-refractivity contribution is 6.10. The van der Waals surface area contributed by atoms with E-state index in [0.717, 1.165) is 33.5 Å². The van der Waals surface area contributed by atoms with Crippen LogP contribution in [-0.4, -0.2) is 19.5 Å². The summed E-state index contributed by atoms with van der Waals surface area (Å²) in [5, 5.41) is 4.99. The number of nitrogens with zero attached hydrogens (tertiary/aromatic N) is 4. The van der Waals surface area contributed by atoms with E-state index < -0.39 is 0 Å². The molecule has 0 radical (unpaired) electrons. The second-order valence-corrected chi connectivity index (χ2v) is 13.3. The molecule has 2 aromatic heterocycles. The molecule has 0 N–H and O–H groups in total. The summed E-state index contributed by atoms with van der Waals surface area (Å²) in [6, 6.07) is 68.3. The number of hydrogen-bond acceptors (Lipinski definition) is 3. The van der Waals surface area contributed by atoms with Gasteiger partial charge in [0.15, 0.2) is 17.5 Å². The number of fused-ring (bicyclic) bond motifs is 4. The third kappa shape index (κ3) is 5.63. The third-order valence-electron chi connectivity index (χ3n) is 10.1. The van der Waals surface area contributed by atoms with Crippen molar-refractivity contribution >= 4 is 32.6 Å². The Bertz CT molecular complexity index is 2850. The molecule has 0 aliphatic carbocycles. The molecule has 0 bridgehead atoms. The molecular weight excluding hydrogens is 645 g/mol. The quantitative estimate of drug-likeness (QED) is 0.176. The number of rotatable bonds is 6. The van der Waals surface area contributed by atoms with E-state index in [1.807, 2.05) is 60.7 Å². The Balaban J connectivity index is 1.00. The van der Waals surface area contributed by atoms with Gasteiger partial charge in [-0.2, -0.15) is 0 Å². The summed E-state index contributed by atoms with van der Waals surface area (Å²) in [7, 11) is 0. The van der Waals surface area contributed by atoms with Crippen molar-refractivity contribution in [2.45, 2.75) is 0 Å². The minimum absolute atomic E-state index is 0.647. The van der Waals surface area contributed by atoms with E-state index in [0.29, 0.717) is 17.5 Å². The minimum atomic E-state index is 0.647. The number of benzene rings is 8. The van der Waals surface area contributed by atoms with Crippen LogP contribution >= 0.6 is 0 Å². The van der Waals surface area contributed by atoms with Crippen molar-refractivity contribution in [3.8, 4) is 62.1 Å². The van der Waals surface area contributed by atoms with Gasteiger partial charge in [0.05, 0.1) is 11.0 Å². The fourth-order valence-electron chi connectivity index (χ4n) is 7.35. The van der Waals surface area contributed by atoms with Crippen LogP contribution in [0.5, 0.6) is 0 Å². The zero-order chi connectivity index (χ0) is 35.1. The monoisotopic (exact) mass is 676 g/mol. The summed E-state index contributed by atoms with van der Waals surface area (Å²) in [4.78, 5) is 14.6. The van der Waals surface area contributed by atoms with Crippen molar-refractivity contribution in [3.63, 3.8) is 0 Å². The van der Waals surface area contributed by atoms with Crippen LogP contribution in [-0.2, 0) is 0 Å². The van der Waals surface area contributed by atoms with Gasteiger partial charge >= 0.3 is 0 Å². The second kappa shape index (κ2) is 12.9. The van der Waals surface area contributed by atoms with Gasteiger partial charge in [-0.05, 0) is 63.4 Å². The molecule has 0 amide bonds. The van der Waals surface area contributed by atoms with Crippen molar-refractivity contribution < 1.29 is 0 Å². The average Bonchev–Trinajstić information content (AvgIpc) is 3.58. The first-order valence-electron chi connectivity index (χ1n) is 17.9. The molecule has 0 fully saturated rings. The van der Waals surface area contributed by atoms with Crippen molar-refractivity contribution in [2.24, 2.45) is 0 Å². The van der Waals surface area contributed by atoms with E-state index in [-0.39, 0.29) is 0 Å². The molecule has 8 aromatic carbocycles. The Morgan fingerprint density at radius 2 is 0.736 bits per heavy atom. The van der Waals surface area contributed by atoms with Gasteiger partial charge in [-0.15, -0.1) is 0 Å². The van der Waals surface area contributed by atoms with Gasteiger partial charge in [-0.1, -0.05) is 164 Å². The molecule has 0 saturated heterocycles. The van der Waals surface area contributed by atoms with Crippen LogP contribution in [0.15, 0.2) is 194 Å². The van der Waals surface area contributed by atoms with Crippen molar-refractivity contribution in [3.05, 3.63) is 194 Å². The van der Waals surface area contributed by atoms with Crippen LogP contribution in [0.4, 0.5) is 0 Å². The molecule has 0 aliphatic heterocycles. The normalized spacial score (nSPS) is 11.4. The lowest BCUT2D eigenvalue weighted by Gasteiger charge is -2.11.